The van der Waals surface area contributed by atoms with E-state index in [0.717, 1.165) is 12.0 Å². The molecule has 0 bridgehead atoms. The summed E-state index contributed by atoms with van der Waals surface area (Å²) in [5.74, 6) is 5.68. The van der Waals surface area contributed by atoms with Crippen molar-refractivity contribution in [3.8, 4) is 6.07 Å². The van der Waals surface area contributed by atoms with Crippen LogP contribution < -0.4 is 10.6 Å². The maximum atomic E-state index is 9.51. The van der Waals surface area contributed by atoms with Gasteiger partial charge in [-0.2, -0.15) is 10.4 Å². The molecule has 0 radical (unpaired) electrons. The summed E-state index contributed by atoms with van der Waals surface area (Å²) >= 11 is 1.49. The van der Waals surface area contributed by atoms with Gasteiger partial charge in [-0.1, -0.05) is 54.0 Å². The fourth-order valence-electron chi connectivity index (χ4n) is 2.75. The van der Waals surface area contributed by atoms with Gasteiger partial charge >= 0.3 is 0 Å². The molecule has 1 aliphatic rings. The number of hydrogen-bond donors (Lipinski definition) is 2. The van der Waals surface area contributed by atoms with Crippen molar-refractivity contribution in [2.24, 2.45) is 16.4 Å². The summed E-state index contributed by atoms with van der Waals surface area (Å²) in [5.41, 5.74) is 2.85. The van der Waals surface area contributed by atoms with Gasteiger partial charge in [-0.05, 0) is 39.3 Å². The summed E-state index contributed by atoms with van der Waals surface area (Å²) in [4.78, 5) is 0. The first kappa shape index (κ1) is 20.6. The first-order chi connectivity index (χ1) is 12.1. The van der Waals surface area contributed by atoms with Crippen LogP contribution in [0.5, 0.6) is 0 Å². The molecule has 1 atom stereocenters. The van der Waals surface area contributed by atoms with Gasteiger partial charge in [-0.3, -0.25) is 0 Å². The second kappa shape index (κ2) is 10.4. The van der Waals surface area contributed by atoms with Crippen molar-refractivity contribution in [1.82, 2.24) is 4.72 Å². The van der Waals surface area contributed by atoms with Gasteiger partial charge in [0.1, 0.15) is 0 Å². The highest BCUT2D eigenvalue weighted by Gasteiger charge is 2.34. The van der Waals surface area contributed by atoms with E-state index >= 15 is 0 Å². The smallest absolute Gasteiger partial charge is 0.0988 e. The largest absolute Gasteiger partial charge is 0.336 e. The number of hydrogen-bond acceptors (Lipinski definition) is 5. The Hall–Kier alpha value is -2.45. The van der Waals surface area contributed by atoms with Gasteiger partial charge in [-0.25, -0.2) is 0 Å². The van der Waals surface area contributed by atoms with Gasteiger partial charge in [-0.15, -0.1) is 0 Å². The number of nitrogens with one attached hydrogen (secondary N) is 1. The Morgan fingerprint density at radius 1 is 1.40 bits per heavy atom. The van der Waals surface area contributed by atoms with Gasteiger partial charge in [0.05, 0.1) is 11.8 Å². The van der Waals surface area contributed by atoms with Crippen LogP contribution in [0.3, 0.4) is 0 Å². The highest BCUT2D eigenvalue weighted by molar-refractivity contribution is 7.96. The van der Waals surface area contributed by atoms with Crippen LogP contribution in [0.4, 0.5) is 0 Å². The summed E-state index contributed by atoms with van der Waals surface area (Å²) < 4.78 is 3.18. The van der Waals surface area contributed by atoms with Crippen LogP contribution in [-0.4, -0.2) is 12.0 Å². The standard InChI is InChI=1S/C20H26N4S/c1-5-9-16(14-21)13-20(3,17-11-7-8-12-17)18(15-23-25-4)19(24-22)10-6-2/h5-11,13,15,23H,12,22H2,1-4H3/b9-5-,10-6-,16-13+,18-15?,24-19?. The first-order valence-electron chi connectivity index (χ1n) is 8.09. The summed E-state index contributed by atoms with van der Waals surface area (Å²) in [6, 6.07) is 2.27. The fraction of sp³-hybridized carbons (Fsp3) is 0.300. The second-order valence-corrected chi connectivity index (χ2v) is 6.28. The topological polar surface area (TPSA) is 74.2 Å². The van der Waals surface area contributed by atoms with Crippen LogP contribution in [0.2, 0.25) is 0 Å². The Morgan fingerprint density at radius 3 is 2.60 bits per heavy atom. The lowest BCUT2D eigenvalue weighted by molar-refractivity contribution is 0.623. The number of rotatable bonds is 8. The van der Waals surface area contributed by atoms with Crippen LogP contribution in [0.1, 0.15) is 27.2 Å². The predicted molar refractivity (Wildman–Crippen MR) is 110 cm³/mol. The van der Waals surface area contributed by atoms with Gasteiger partial charge in [0.25, 0.3) is 0 Å². The molecule has 0 fully saturated rings. The van der Waals surface area contributed by atoms with E-state index in [-0.39, 0.29) is 0 Å². The molecule has 0 saturated heterocycles. The zero-order valence-electron chi connectivity index (χ0n) is 15.3. The van der Waals surface area contributed by atoms with Gasteiger partial charge in [0, 0.05) is 29.0 Å². The molecule has 132 valence electrons. The maximum Gasteiger partial charge on any atom is 0.0988 e. The molecular formula is C20H26N4S. The van der Waals surface area contributed by atoms with Crippen molar-refractivity contribution in [2.75, 3.05) is 6.26 Å². The van der Waals surface area contributed by atoms with Crippen LogP contribution >= 0.6 is 11.9 Å². The molecule has 1 rings (SSSR count). The molecule has 1 unspecified atom stereocenters. The predicted octanol–water partition coefficient (Wildman–Crippen LogP) is 4.55. The van der Waals surface area contributed by atoms with Crippen molar-refractivity contribution < 1.29 is 0 Å². The van der Waals surface area contributed by atoms with Gasteiger partial charge < -0.3 is 10.6 Å². The van der Waals surface area contributed by atoms with Crippen molar-refractivity contribution in [3.63, 3.8) is 0 Å². The minimum Gasteiger partial charge on any atom is -0.336 e. The molecule has 0 saturated carbocycles. The molecular weight excluding hydrogens is 328 g/mol. The van der Waals surface area contributed by atoms with Gasteiger partial charge in [0.2, 0.25) is 0 Å². The third-order valence-electron chi connectivity index (χ3n) is 3.98. The molecule has 0 spiro atoms. The quantitative estimate of drug-likeness (QED) is 0.167. The third-order valence-corrected chi connectivity index (χ3v) is 4.33. The Labute approximate surface area is 155 Å². The number of allylic oxidation sites excluding steroid dienone is 11. The lowest BCUT2D eigenvalue weighted by atomic mass is 9.72. The monoisotopic (exact) mass is 354 g/mol. The molecule has 1 aliphatic carbocycles. The third kappa shape index (κ3) is 5.27. The average molecular weight is 355 g/mol. The molecule has 0 amide bonds. The lowest BCUT2D eigenvalue weighted by Crippen LogP contribution is -2.26. The molecule has 3 N–H and O–H groups in total. The average Bonchev–Trinajstić information content (AvgIpc) is 3.16. The van der Waals surface area contributed by atoms with E-state index in [4.69, 9.17) is 5.84 Å². The van der Waals surface area contributed by atoms with E-state index in [0.29, 0.717) is 11.3 Å². The summed E-state index contributed by atoms with van der Waals surface area (Å²) in [5, 5.41) is 13.5. The Morgan fingerprint density at radius 2 is 2.12 bits per heavy atom. The van der Waals surface area contributed by atoms with Crippen LogP contribution in [-0.2, 0) is 0 Å². The summed E-state index contributed by atoms with van der Waals surface area (Å²) in [6.07, 6.45) is 20.4. The minimum atomic E-state index is -0.519. The molecule has 0 aromatic heterocycles. The van der Waals surface area contributed by atoms with Crippen molar-refractivity contribution in [1.29, 1.82) is 5.26 Å². The van der Waals surface area contributed by atoms with E-state index in [1.165, 1.54) is 17.5 Å². The van der Waals surface area contributed by atoms with E-state index in [2.05, 4.69) is 35.0 Å². The Kier molecular flexibility index (Phi) is 8.59. The zero-order valence-corrected chi connectivity index (χ0v) is 16.1. The molecule has 0 aromatic carbocycles. The normalized spacial score (nSPS) is 18.5. The van der Waals surface area contributed by atoms with Crippen molar-refractivity contribution in [2.45, 2.75) is 27.2 Å². The van der Waals surface area contributed by atoms with Crippen molar-refractivity contribution in [3.05, 3.63) is 71.5 Å². The maximum absolute atomic E-state index is 9.51. The molecule has 0 aromatic rings. The minimum absolute atomic E-state index is 0.519. The van der Waals surface area contributed by atoms with E-state index in [1.54, 1.807) is 0 Å². The molecule has 25 heavy (non-hydrogen) atoms. The molecule has 5 heteroatoms. The van der Waals surface area contributed by atoms with Crippen LogP contribution in [0.25, 0.3) is 0 Å². The van der Waals surface area contributed by atoms with E-state index in [1.807, 2.05) is 62.8 Å². The Bertz CT molecular complexity index is 714. The highest BCUT2D eigenvalue weighted by atomic mass is 32.2. The molecule has 0 aliphatic heterocycles. The second-order valence-electron chi connectivity index (χ2n) is 5.63. The lowest BCUT2D eigenvalue weighted by Gasteiger charge is -2.31. The van der Waals surface area contributed by atoms with E-state index in [9.17, 15) is 5.26 Å². The number of hydrazone groups is 1. The number of nitrogens with zero attached hydrogens (tertiary/aromatic N) is 2. The van der Waals surface area contributed by atoms with E-state index < -0.39 is 5.41 Å². The number of nitriles is 1. The summed E-state index contributed by atoms with van der Waals surface area (Å²) in [7, 11) is 0. The van der Waals surface area contributed by atoms with Crippen LogP contribution in [0, 0.1) is 16.7 Å². The zero-order chi connectivity index (χ0) is 18.7. The van der Waals surface area contributed by atoms with Crippen molar-refractivity contribution >= 4 is 17.7 Å². The first-order valence-corrected chi connectivity index (χ1v) is 9.31. The van der Waals surface area contributed by atoms with Gasteiger partial charge in [0.15, 0.2) is 0 Å². The summed E-state index contributed by atoms with van der Waals surface area (Å²) in [6.45, 7) is 5.92. The molecule has 4 nitrogen and oxygen atoms in total. The highest BCUT2D eigenvalue weighted by Crippen LogP contribution is 2.42. The molecule has 0 heterocycles. The number of nitrogens with two attached hydrogens (primary N) is 1. The SMILES string of the molecule is C/C=C\C(=NN)C(=CNSC)C(C)(/C=C(C#N)\C=C/C)C1=CC=CC1. The fourth-order valence-corrected chi connectivity index (χ4v) is 2.99. The van der Waals surface area contributed by atoms with Crippen LogP contribution in [0.15, 0.2) is 76.6 Å². The Balaban J connectivity index is 3.63.